The molecule has 1 N–H and O–H groups in total. The van der Waals surface area contributed by atoms with Crippen LogP contribution in [0.2, 0.25) is 0 Å². The van der Waals surface area contributed by atoms with E-state index in [0.717, 1.165) is 27.9 Å². The first-order valence-corrected chi connectivity index (χ1v) is 8.81. The predicted octanol–water partition coefficient (Wildman–Crippen LogP) is 2.17. The molecule has 1 aromatic heterocycles. The van der Waals surface area contributed by atoms with E-state index >= 15 is 0 Å². The topological polar surface area (TPSA) is 81.1 Å². The molecule has 2 aromatic rings. The molecule has 0 fully saturated rings. The number of carbonyl (C=O) groups excluding carboxylic acids is 1. The van der Waals surface area contributed by atoms with E-state index in [0.29, 0.717) is 0 Å². The van der Waals surface area contributed by atoms with Crippen LogP contribution in [0.1, 0.15) is 22.5 Å². The van der Waals surface area contributed by atoms with Crippen LogP contribution in [-0.2, 0) is 21.9 Å². The molecule has 2 rings (SSSR count). The zero-order valence-corrected chi connectivity index (χ0v) is 14.5. The van der Waals surface area contributed by atoms with E-state index in [4.69, 9.17) is 0 Å². The van der Waals surface area contributed by atoms with Crippen molar-refractivity contribution in [2.45, 2.75) is 13.8 Å². The number of hydrogen-bond acceptors (Lipinski definition) is 4. The van der Waals surface area contributed by atoms with Gasteiger partial charge in [-0.3, -0.25) is 9.48 Å². The smallest absolute Gasteiger partial charge is 0.257 e. The quantitative estimate of drug-likeness (QED) is 0.842. The van der Waals surface area contributed by atoms with Gasteiger partial charge in [-0.05, 0) is 31.6 Å². The Balaban J connectivity index is 2.05. The number of hydrogen-bond donors (Lipinski definition) is 1. The van der Waals surface area contributed by atoms with Crippen molar-refractivity contribution in [1.82, 2.24) is 14.5 Å². The van der Waals surface area contributed by atoms with Crippen LogP contribution in [0.4, 0.5) is 0 Å². The third-order valence-electron chi connectivity index (χ3n) is 3.45. The van der Waals surface area contributed by atoms with Gasteiger partial charge in [0.15, 0.2) is 0 Å². The number of nitrogens with one attached hydrogen (secondary N) is 1. The number of aryl methyl sites for hydroxylation is 2. The summed E-state index contributed by atoms with van der Waals surface area (Å²) in [6.07, 6.45) is 4.17. The maximum absolute atomic E-state index is 11.9. The van der Waals surface area contributed by atoms with Crippen LogP contribution < -0.4 is 4.72 Å². The van der Waals surface area contributed by atoms with Crippen molar-refractivity contribution in [2.75, 3.05) is 0 Å². The number of sulfonamides is 1. The van der Waals surface area contributed by atoms with Gasteiger partial charge in [-0.1, -0.05) is 30.3 Å². The van der Waals surface area contributed by atoms with Gasteiger partial charge in [0.1, 0.15) is 0 Å². The molecule has 24 heavy (non-hydrogen) atoms. The summed E-state index contributed by atoms with van der Waals surface area (Å²) in [5, 5.41) is 5.20. The summed E-state index contributed by atoms with van der Waals surface area (Å²) in [5.41, 5.74) is 3.19. The van der Waals surface area contributed by atoms with Gasteiger partial charge in [0.2, 0.25) is 0 Å². The molecule has 1 amide bonds. The fourth-order valence-corrected chi connectivity index (χ4v) is 2.88. The molecule has 0 aliphatic heterocycles. The lowest BCUT2D eigenvalue weighted by atomic mass is 10.2. The van der Waals surface area contributed by atoms with Crippen LogP contribution in [0.15, 0.2) is 41.8 Å². The Kier molecular flexibility index (Phi) is 5.35. The molecule has 1 aromatic carbocycles. The van der Waals surface area contributed by atoms with Crippen LogP contribution in [0.5, 0.6) is 0 Å². The number of amides is 1. The average Bonchev–Trinajstić information content (AvgIpc) is 2.77. The Morgan fingerprint density at radius 1 is 1.17 bits per heavy atom. The highest BCUT2D eigenvalue weighted by Gasteiger charge is 2.10. The number of carbonyl (C=O) groups is 1. The van der Waals surface area contributed by atoms with Crippen molar-refractivity contribution in [3.63, 3.8) is 0 Å². The summed E-state index contributed by atoms with van der Waals surface area (Å²) in [4.78, 5) is 11.8. The SMILES string of the molecule is Cc1nn(C)c(C)c1C=CC(=O)NS(=O)(=O)C=Cc1ccccc1. The first-order chi connectivity index (χ1) is 11.3. The van der Waals surface area contributed by atoms with Gasteiger partial charge in [-0.25, -0.2) is 13.1 Å². The second kappa shape index (κ2) is 7.27. The largest absolute Gasteiger partial charge is 0.272 e. The van der Waals surface area contributed by atoms with Gasteiger partial charge in [-0.15, -0.1) is 0 Å². The first kappa shape index (κ1) is 17.7. The van der Waals surface area contributed by atoms with E-state index in [1.165, 1.54) is 12.2 Å². The van der Waals surface area contributed by atoms with Crippen molar-refractivity contribution in [3.8, 4) is 0 Å². The van der Waals surface area contributed by atoms with Crippen LogP contribution in [-0.4, -0.2) is 24.1 Å². The fourth-order valence-electron chi connectivity index (χ4n) is 2.13. The molecule has 0 saturated heterocycles. The maximum atomic E-state index is 11.9. The second-order valence-electron chi connectivity index (χ2n) is 5.27. The molecule has 126 valence electrons. The highest BCUT2D eigenvalue weighted by atomic mass is 32.2. The average molecular weight is 345 g/mol. The molecule has 0 spiro atoms. The second-order valence-corrected chi connectivity index (χ2v) is 6.83. The van der Waals surface area contributed by atoms with E-state index in [2.05, 4.69) is 5.10 Å². The van der Waals surface area contributed by atoms with Crippen LogP contribution in [0.3, 0.4) is 0 Å². The summed E-state index contributed by atoms with van der Waals surface area (Å²) in [7, 11) is -2.05. The molecular formula is C17H19N3O3S. The number of nitrogens with zero attached hydrogens (tertiary/aromatic N) is 2. The Labute approximate surface area is 141 Å². The number of benzene rings is 1. The van der Waals surface area contributed by atoms with E-state index in [1.54, 1.807) is 42.1 Å². The Bertz CT molecular complexity index is 895. The third-order valence-corrected chi connectivity index (χ3v) is 4.43. The minimum atomic E-state index is -3.85. The minimum Gasteiger partial charge on any atom is -0.272 e. The van der Waals surface area contributed by atoms with Gasteiger partial charge in [0.05, 0.1) is 11.1 Å². The summed E-state index contributed by atoms with van der Waals surface area (Å²) in [5.74, 6) is -0.713. The standard InChI is InChI=1S/C17H19N3O3S/c1-13-16(14(2)20(3)18-13)9-10-17(21)19-24(22,23)12-11-15-7-5-4-6-8-15/h4-12H,1-3H3,(H,19,21). The summed E-state index contributed by atoms with van der Waals surface area (Å²) < 4.78 is 27.5. The molecule has 0 aliphatic rings. The zero-order chi connectivity index (χ0) is 17.7. The molecule has 0 atom stereocenters. The monoisotopic (exact) mass is 345 g/mol. The van der Waals surface area contributed by atoms with Gasteiger partial charge in [-0.2, -0.15) is 5.10 Å². The Hall–Kier alpha value is -2.67. The summed E-state index contributed by atoms with van der Waals surface area (Å²) >= 11 is 0. The van der Waals surface area contributed by atoms with E-state index in [1.807, 2.05) is 24.6 Å². The van der Waals surface area contributed by atoms with Crippen LogP contribution >= 0.6 is 0 Å². The molecule has 0 unspecified atom stereocenters. The van der Waals surface area contributed by atoms with Crippen molar-refractivity contribution >= 4 is 28.1 Å². The van der Waals surface area contributed by atoms with Gasteiger partial charge < -0.3 is 0 Å². The van der Waals surface area contributed by atoms with Crippen molar-refractivity contribution in [1.29, 1.82) is 0 Å². The molecule has 1 heterocycles. The van der Waals surface area contributed by atoms with Crippen molar-refractivity contribution in [2.24, 2.45) is 7.05 Å². The maximum Gasteiger partial charge on any atom is 0.257 e. The van der Waals surface area contributed by atoms with Crippen LogP contribution in [0, 0.1) is 13.8 Å². The van der Waals surface area contributed by atoms with E-state index < -0.39 is 15.9 Å². The molecule has 0 saturated carbocycles. The molecule has 7 heteroatoms. The molecule has 0 aliphatic carbocycles. The van der Waals surface area contributed by atoms with Gasteiger partial charge in [0, 0.05) is 24.4 Å². The molecular weight excluding hydrogens is 326 g/mol. The van der Waals surface area contributed by atoms with Gasteiger partial charge in [0.25, 0.3) is 15.9 Å². The number of rotatable bonds is 5. The zero-order valence-electron chi connectivity index (χ0n) is 13.7. The highest BCUT2D eigenvalue weighted by Crippen LogP contribution is 2.13. The van der Waals surface area contributed by atoms with E-state index in [9.17, 15) is 13.2 Å². The van der Waals surface area contributed by atoms with Gasteiger partial charge >= 0.3 is 0 Å². The minimum absolute atomic E-state index is 0.713. The summed E-state index contributed by atoms with van der Waals surface area (Å²) in [6.45, 7) is 3.70. The Morgan fingerprint density at radius 2 is 1.83 bits per heavy atom. The fraction of sp³-hybridized carbons (Fsp3) is 0.176. The first-order valence-electron chi connectivity index (χ1n) is 7.27. The highest BCUT2D eigenvalue weighted by molar-refractivity contribution is 7.93. The van der Waals surface area contributed by atoms with E-state index in [-0.39, 0.29) is 0 Å². The summed E-state index contributed by atoms with van der Waals surface area (Å²) in [6, 6.07) is 8.96. The van der Waals surface area contributed by atoms with Crippen molar-refractivity contribution < 1.29 is 13.2 Å². The Morgan fingerprint density at radius 3 is 2.42 bits per heavy atom. The van der Waals surface area contributed by atoms with Crippen LogP contribution in [0.25, 0.3) is 12.2 Å². The lowest BCUT2D eigenvalue weighted by molar-refractivity contribution is -0.114. The molecule has 0 bridgehead atoms. The molecule has 0 radical (unpaired) electrons. The normalized spacial score (nSPS) is 12.1. The van der Waals surface area contributed by atoms with Crippen molar-refractivity contribution in [3.05, 3.63) is 64.3 Å². The third kappa shape index (κ3) is 4.66. The number of aromatic nitrogens is 2. The lowest BCUT2D eigenvalue weighted by Crippen LogP contribution is -2.26. The lowest BCUT2D eigenvalue weighted by Gasteiger charge is -2.00. The molecule has 6 nitrogen and oxygen atoms in total. The predicted molar refractivity (Wildman–Crippen MR) is 94.3 cm³/mol.